The lowest BCUT2D eigenvalue weighted by molar-refractivity contribution is -0.120. The van der Waals surface area contributed by atoms with Gasteiger partial charge in [-0.05, 0) is 30.2 Å². The van der Waals surface area contributed by atoms with E-state index in [1.54, 1.807) is 17.5 Å². The molecule has 1 spiro atoms. The first-order valence-electron chi connectivity index (χ1n) is 7.91. The van der Waals surface area contributed by atoms with Gasteiger partial charge in [0.2, 0.25) is 0 Å². The number of nitrogens with two attached hydrogens (primary N) is 1. The molecule has 0 saturated heterocycles. The number of nitrogens with one attached hydrogen (secondary N) is 1. The molecule has 0 unspecified atom stereocenters. The number of amides is 1. The molecular formula is C17H15F3N4OS. The lowest BCUT2D eigenvalue weighted by atomic mass is 9.63. The number of halogens is 3. The molecule has 0 bridgehead atoms. The quantitative estimate of drug-likeness (QED) is 0.839. The van der Waals surface area contributed by atoms with Crippen LogP contribution in [-0.2, 0) is 12.0 Å². The zero-order valence-corrected chi connectivity index (χ0v) is 14.5. The summed E-state index contributed by atoms with van der Waals surface area (Å²) in [6.45, 7) is 1.01. The molecule has 26 heavy (non-hydrogen) atoms. The standard InChI is InChI=1S/C17H15F3N4OS/c1-15(18)8-17(19,20)16(24-14(15)21)7-9-2-3-10(6-11(9)16)23-12(25)13-22-4-5-26-13/h2-6H,7-8H2,1H3,(H2,21,24)(H,23,25)/t15-,16-/m1/s1. The Bertz CT molecular complexity index is 926. The number of anilines is 1. The van der Waals surface area contributed by atoms with Crippen LogP contribution in [0, 0.1) is 0 Å². The number of nitrogens with zero attached hydrogens (tertiary/aromatic N) is 2. The van der Waals surface area contributed by atoms with Gasteiger partial charge in [-0.25, -0.2) is 18.2 Å². The molecule has 1 aromatic carbocycles. The van der Waals surface area contributed by atoms with Crippen LogP contribution in [0.15, 0.2) is 34.8 Å². The summed E-state index contributed by atoms with van der Waals surface area (Å²) in [7, 11) is 0. The van der Waals surface area contributed by atoms with Crippen molar-refractivity contribution in [3.63, 3.8) is 0 Å². The van der Waals surface area contributed by atoms with Crippen LogP contribution in [-0.4, -0.2) is 28.3 Å². The van der Waals surface area contributed by atoms with Gasteiger partial charge in [0.05, 0.1) is 6.42 Å². The van der Waals surface area contributed by atoms with E-state index in [4.69, 9.17) is 5.73 Å². The van der Waals surface area contributed by atoms with E-state index in [0.29, 0.717) is 11.3 Å². The molecule has 3 N–H and O–H groups in total. The van der Waals surface area contributed by atoms with E-state index in [0.717, 1.165) is 6.92 Å². The fraction of sp³-hybridized carbons (Fsp3) is 0.353. The summed E-state index contributed by atoms with van der Waals surface area (Å²) >= 11 is 1.17. The molecule has 0 saturated carbocycles. The topological polar surface area (TPSA) is 80.4 Å². The Hall–Kier alpha value is -2.42. The molecule has 2 aromatic rings. The van der Waals surface area contributed by atoms with Crippen LogP contribution < -0.4 is 11.1 Å². The molecule has 2 aliphatic rings. The molecule has 4 rings (SSSR count). The second kappa shape index (κ2) is 5.29. The van der Waals surface area contributed by atoms with Crippen LogP contribution in [0.25, 0.3) is 0 Å². The minimum atomic E-state index is -3.38. The highest BCUT2D eigenvalue weighted by atomic mass is 32.1. The number of benzene rings is 1. The summed E-state index contributed by atoms with van der Waals surface area (Å²) in [4.78, 5) is 19.9. The van der Waals surface area contributed by atoms with Crippen LogP contribution in [0.3, 0.4) is 0 Å². The number of aliphatic imine (C=N–C) groups is 1. The van der Waals surface area contributed by atoms with E-state index in [2.05, 4.69) is 15.3 Å². The van der Waals surface area contributed by atoms with E-state index < -0.39 is 35.3 Å². The maximum atomic E-state index is 14.8. The molecule has 136 valence electrons. The SMILES string of the molecule is C[C@@]1(F)CC(F)(F)[C@]2(Cc3ccc(NC(=O)c4nccs4)cc32)N=C1N. The van der Waals surface area contributed by atoms with E-state index >= 15 is 0 Å². The van der Waals surface area contributed by atoms with Gasteiger partial charge in [-0.1, -0.05) is 6.07 Å². The summed E-state index contributed by atoms with van der Waals surface area (Å²) in [6.07, 6.45) is 0.456. The Morgan fingerprint density at radius 1 is 1.35 bits per heavy atom. The molecule has 1 amide bonds. The van der Waals surface area contributed by atoms with Crippen LogP contribution in [0.5, 0.6) is 0 Å². The molecule has 0 fully saturated rings. The van der Waals surface area contributed by atoms with E-state index in [1.807, 2.05) is 0 Å². The summed E-state index contributed by atoms with van der Waals surface area (Å²) in [5.41, 5.74) is 2.69. The number of aromatic nitrogens is 1. The highest BCUT2D eigenvalue weighted by Crippen LogP contribution is 2.57. The van der Waals surface area contributed by atoms with Crippen LogP contribution in [0.4, 0.5) is 18.9 Å². The summed E-state index contributed by atoms with van der Waals surface area (Å²) in [5.74, 6) is -4.24. The highest BCUT2D eigenvalue weighted by molar-refractivity contribution is 7.11. The van der Waals surface area contributed by atoms with Gasteiger partial charge in [-0.3, -0.25) is 9.79 Å². The maximum absolute atomic E-state index is 14.8. The third-order valence-corrected chi connectivity index (χ3v) is 5.66. The Balaban J connectivity index is 1.70. The number of rotatable bonds is 2. The molecule has 5 nitrogen and oxygen atoms in total. The highest BCUT2D eigenvalue weighted by Gasteiger charge is 2.66. The summed E-state index contributed by atoms with van der Waals surface area (Å²) in [6, 6.07) is 4.74. The zero-order valence-electron chi connectivity index (χ0n) is 13.7. The van der Waals surface area contributed by atoms with Gasteiger partial charge >= 0.3 is 0 Å². The molecule has 1 aliphatic heterocycles. The Morgan fingerprint density at radius 3 is 2.81 bits per heavy atom. The average Bonchev–Trinajstić information content (AvgIpc) is 3.06. The van der Waals surface area contributed by atoms with Crippen LogP contribution in [0.1, 0.15) is 34.3 Å². The summed E-state index contributed by atoms with van der Waals surface area (Å²) < 4.78 is 43.8. The van der Waals surface area contributed by atoms with Crippen molar-refractivity contribution in [3.8, 4) is 0 Å². The molecule has 1 aromatic heterocycles. The Morgan fingerprint density at radius 2 is 2.12 bits per heavy atom. The third kappa shape index (κ3) is 2.33. The lowest BCUT2D eigenvalue weighted by Gasteiger charge is -2.50. The second-order valence-electron chi connectivity index (χ2n) is 6.78. The summed E-state index contributed by atoms with van der Waals surface area (Å²) in [5, 5.41) is 4.56. The minimum Gasteiger partial charge on any atom is -0.385 e. The van der Waals surface area contributed by atoms with Crippen molar-refractivity contribution in [2.24, 2.45) is 10.7 Å². The van der Waals surface area contributed by atoms with Gasteiger partial charge in [-0.2, -0.15) is 0 Å². The van der Waals surface area contributed by atoms with Crippen molar-refractivity contribution < 1.29 is 18.0 Å². The molecular weight excluding hydrogens is 365 g/mol. The fourth-order valence-corrected chi connectivity index (χ4v) is 3.99. The predicted molar refractivity (Wildman–Crippen MR) is 92.6 cm³/mol. The first-order chi connectivity index (χ1) is 12.1. The number of hydrogen-bond donors (Lipinski definition) is 2. The van der Waals surface area contributed by atoms with Crippen molar-refractivity contribution in [2.75, 3.05) is 5.32 Å². The van der Waals surface area contributed by atoms with Gasteiger partial charge < -0.3 is 11.1 Å². The monoisotopic (exact) mass is 380 g/mol. The van der Waals surface area contributed by atoms with E-state index in [1.165, 1.54) is 23.6 Å². The van der Waals surface area contributed by atoms with Crippen molar-refractivity contribution in [1.29, 1.82) is 0 Å². The minimum absolute atomic E-state index is 0.0210. The van der Waals surface area contributed by atoms with Crippen LogP contribution in [0.2, 0.25) is 0 Å². The van der Waals surface area contributed by atoms with Crippen LogP contribution >= 0.6 is 11.3 Å². The largest absolute Gasteiger partial charge is 0.385 e. The predicted octanol–water partition coefficient (Wildman–Crippen LogP) is 3.27. The number of amidine groups is 1. The second-order valence-corrected chi connectivity index (χ2v) is 7.67. The van der Waals surface area contributed by atoms with Gasteiger partial charge in [0.25, 0.3) is 11.8 Å². The van der Waals surface area contributed by atoms with Crippen molar-refractivity contribution in [2.45, 2.75) is 36.9 Å². The van der Waals surface area contributed by atoms with E-state index in [-0.39, 0.29) is 17.0 Å². The molecule has 2 atom stereocenters. The van der Waals surface area contributed by atoms with Gasteiger partial charge in [-0.15, -0.1) is 11.3 Å². The van der Waals surface area contributed by atoms with Crippen molar-refractivity contribution >= 4 is 28.8 Å². The number of carbonyl (C=O) groups is 1. The smallest absolute Gasteiger partial charge is 0.284 e. The van der Waals surface area contributed by atoms with Gasteiger partial charge in [0, 0.05) is 23.7 Å². The van der Waals surface area contributed by atoms with E-state index in [9.17, 15) is 18.0 Å². The number of hydrogen-bond acceptors (Lipinski definition) is 5. The maximum Gasteiger partial charge on any atom is 0.284 e. The number of alkyl halides is 3. The normalized spacial score (nSPS) is 28.8. The third-order valence-electron chi connectivity index (χ3n) is 4.89. The first-order valence-corrected chi connectivity index (χ1v) is 8.79. The average molecular weight is 380 g/mol. The Kier molecular flexibility index (Phi) is 3.46. The van der Waals surface area contributed by atoms with Crippen molar-refractivity contribution in [3.05, 3.63) is 45.9 Å². The number of thiazole rings is 1. The Labute approximate surface area is 151 Å². The molecule has 2 heterocycles. The van der Waals surface area contributed by atoms with Crippen molar-refractivity contribution in [1.82, 2.24) is 4.98 Å². The molecule has 0 radical (unpaired) electrons. The fourth-order valence-electron chi connectivity index (χ4n) is 3.46. The lowest BCUT2D eigenvalue weighted by Crippen LogP contribution is -2.61. The zero-order chi connectivity index (χ0) is 18.7. The first kappa shape index (κ1) is 17.0. The molecule has 9 heteroatoms. The number of fused-ring (bicyclic) bond motifs is 2. The molecule has 1 aliphatic carbocycles. The van der Waals surface area contributed by atoms with Gasteiger partial charge in [0.1, 0.15) is 5.84 Å². The number of carbonyl (C=O) groups excluding carboxylic acids is 1. The van der Waals surface area contributed by atoms with Gasteiger partial charge in [0.15, 0.2) is 16.2 Å².